The van der Waals surface area contributed by atoms with Crippen molar-refractivity contribution in [3.63, 3.8) is 0 Å². The standard InChI is InChI=1S/C11H24N2O/c1-10(14-2)8-12-9-11-6-4-3-5-7-13-11/h10-13H,3-9H2,1-2H3. The molecule has 0 spiro atoms. The highest BCUT2D eigenvalue weighted by Crippen LogP contribution is 2.07. The van der Waals surface area contributed by atoms with Crippen LogP contribution in [0, 0.1) is 0 Å². The lowest BCUT2D eigenvalue weighted by Gasteiger charge is -2.18. The van der Waals surface area contributed by atoms with E-state index < -0.39 is 0 Å². The summed E-state index contributed by atoms with van der Waals surface area (Å²) >= 11 is 0. The summed E-state index contributed by atoms with van der Waals surface area (Å²) in [7, 11) is 1.76. The monoisotopic (exact) mass is 200 g/mol. The van der Waals surface area contributed by atoms with Crippen LogP contribution in [-0.4, -0.2) is 38.9 Å². The molecule has 14 heavy (non-hydrogen) atoms. The van der Waals surface area contributed by atoms with Crippen molar-refractivity contribution in [2.75, 3.05) is 26.7 Å². The quantitative estimate of drug-likeness (QED) is 0.698. The molecule has 2 N–H and O–H groups in total. The fourth-order valence-electron chi connectivity index (χ4n) is 1.82. The van der Waals surface area contributed by atoms with Crippen molar-refractivity contribution in [1.29, 1.82) is 0 Å². The lowest BCUT2D eigenvalue weighted by molar-refractivity contribution is 0.116. The van der Waals surface area contributed by atoms with E-state index in [4.69, 9.17) is 4.74 Å². The van der Waals surface area contributed by atoms with E-state index in [9.17, 15) is 0 Å². The molecule has 0 bridgehead atoms. The minimum atomic E-state index is 0.320. The van der Waals surface area contributed by atoms with Gasteiger partial charge in [-0.05, 0) is 26.3 Å². The molecular formula is C11H24N2O. The van der Waals surface area contributed by atoms with Gasteiger partial charge in [0.25, 0.3) is 0 Å². The lowest BCUT2D eigenvalue weighted by Crippen LogP contribution is -2.40. The van der Waals surface area contributed by atoms with Crippen LogP contribution in [0.4, 0.5) is 0 Å². The molecule has 3 heteroatoms. The van der Waals surface area contributed by atoms with Gasteiger partial charge in [0.2, 0.25) is 0 Å². The Morgan fingerprint density at radius 1 is 1.43 bits per heavy atom. The smallest absolute Gasteiger partial charge is 0.0667 e. The van der Waals surface area contributed by atoms with Crippen LogP contribution in [0.25, 0.3) is 0 Å². The molecule has 2 atom stereocenters. The van der Waals surface area contributed by atoms with E-state index >= 15 is 0 Å². The number of hydrogen-bond acceptors (Lipinski definition) is 3. The first-order valence-corrected chi connectivity index (χ1v) is 5.80. The number of rotatable bonds is 5. The summed E-state index contributed by atoms with van der Waals surface area (Å²) in [6.07, 6.45) is 5.73. The molecule has 3 nitrogen and oxygen atoms in total. The predicted molar refractivity (Wildman–Crippen MR) is 59.6 cm³/mol. The Kier molecular flexibility index (Phi) is 6.15. The SMILES string of the molecule is COC(C)CNCC1CCCCCN1. The topological polar surface area (TPSA) is 33.3 Å². The second-order valence-corrected chi connectivity index (χ2v) is 4.20. The molecule has 1 rings (SSSR count). The van der Waals surface area contributed by atoms with Crippen molar-refractivity contribution in [2.24, 2.45) is 0 Å². The number of nitrogens with one attached hydrogen (secondary N) is 2. The second-order valence-electron chi connectivity index (χ2n) is 4.20. The second kappa shape index (κ2) is 7.21. The maximum atomic E-state index is 5.18. The lowest BCUT2D eigenvalue weighted by atomic mass is 10.1. The summed E-state index contributed by atoms with van der Waals surface area (Å²) in [6.45, 7) is 5.31. The maximum absolute atomic E-state index is 5.18. The summed E-state index contributed by atoms with van der Waals surface area (Å²) in [5.74, 6) is 0. The molecule has 1 saturated heterocycles. The molecule has 0 aromatic rings. The van der Waals surface area contributed by atoms with E-state index in [0.717, 1.165) is 13.1 Å². The molecule has 0 amide bonds. The van der Waals surface area contributed by atoms with Gasteiger partial charge in [0.1, 0.15) is 0 Å². The Morgan fingerprint density at radius 2 is 2.29 bits per heavy atom. The Balaban J connectivity index is 2.04. The van der Waals surface area contributed by atoms with Crippen LogP contribution in [0.15, 0.2) is 0 Å². The molecule has 0 aliphatic carbocycles. The van der Waals surface area contributed by atoms with Crippen molar-refractivity contribution in [1.82, 2.24) is 10.6 Å². The molecule has 0 aromatic heterocycles. The van der Waals surface area contributed by atoms with Crippen LogP contribution < -0.4 is 10.6 Å². The van der Waals surface area contributed by atoms with E-state index in [1.54, 1.807) is 7.11 Å². The highest BCUT2D eigenvalue weighted by Gasteiger charge is 2.10. The van der Waals surface area contributed by atoms with E-state index in [0.29, 0.717) is 12.1 Å². The van der Waals surface area contributed by atoms with Crippen molar-refractivity contribution in [3.05, 3.63) is 0 Å². The summed E-state index contributed by atoms with van der Waals surface area (Å²) < 4.78 is 5.18. The Morgan fingerprint density at radius 3 is 3.07 bits per heavy atom. The van der Waals surface area contributed by atoms with Crippen LogP contribution >= 0.6 is 0 Å². The third-order valence-corrected chi connectivity index (χ3v) is 2.89. The van der Waals surface area contributed by atoms with E-state index in [-0.39, 0.29) is 0 Å². The Bertz CT molecular complexity index is 133. The summed E-state index contributed by atoms with van der Waals surface area (Å²) in [5.41, 5.74) is 0. The highest BCUT2D eigenvalue weighted by molar-refractivity contribution is 4.73. The minimum Gasteiger partial charge on any atom is -0.380 e. The van der Waals surface area contributed by atoms with Crippen LogP contribution in [0.2, 0.25) is 0 Å². The zero-order chi connectivity index (χ0) is 10.2. The molecule has 2 unspecified atom stereocenters. The molecular weight excluding hydrogens is 176 g/mol. The van der Waals surface area contributed by atoms with Crippen molar-refractivity contribution in [2.45, 2.75) is 44.8 Å². The zero-order valence-electron chi connectivity index (χ0n) is 9.51. The average molecular weight is 200 g/mol. The normalized spacial score (nSPS) is 25.7. The molecule has 1 aliphatic heterocycles. The molecule has 0 saturated carbocycles. The fraction of sp³-hybridized carbons (Fsp3) is 1.00. The number of ether oxygens (including phenoxy) is 1. The molecule has 1 aliphatic rings. The minimum absolute atomic E-state index is 0.320. The molecule has 1 fully saturated rings. The molecule has 0 radical (unpaired) electrons. The summed E-state index contributed by atoms with van der Waals surface area (Å²) in [4.78, 5) is 0. The molecule has 84 valence electrons. The van der Waals surface area contributed by atoms with Gasteiger partial charge < -0.3 is 15.4 Å². The van der Waals surface area contributed by atoms with E-state index in [1.807, 2.05) is 0 Å². The Hall–Kier alpha value is -0.120. The van der Waals surface area contributed by atoms with Gasteiger partial charge >= 0.3 is 0 Å². The van der Waals surface area contributed by atoms with Crippen molar-refractivity contribution >= 4 is 0 Å². The Labute approximate surface area is 87.6 Å². The predicted octanol–water partition coefficient (Wildman–Crippen LogP) is 1.14. The number of hydrogen-bond donors (Lipinski definition) is 2. The molecule has 0 aromatic carbocycles. The zero-order valence-corrected chi connectivity index (χ0v) is 9.51. The summed E-state index contributed by atoms with van der Waals surface area (Å²) in [6, 6.07) is 0.668. The van der Waals surface area contributed by atoms with E-state index in [2.05, 4.69) is 17.6 Å². The van der Waals surface area contributed by atoms with Gasteiger partial charge in [-0.3, -0.25) is 0 Å². The van der Waals surface area contributed by atoms with Crippen LogP contribution in [0.3, 0.4) is 0 Å². The largest absolute Gasteiger partial charge is 0.380 e. The highest BCUT2D eigenvalue weighted by atomic mass is 16.5. The summed E-state index contributed by atoms with van der Waals surface area (Å²) in [5, 5.41) is 7.02. The first-order chi connectivity index (χ1) is 6.83. The van der Waals surface area contributed by atoms with Crippen molar-refractivity contribution < 1.29 is 4.74 Å². The van der Waals surface area contributed by atoms with Gasteiger partial charge in [0.05, 0.1) is 6.10 Å². The van der Waals surface area contributed by atoms with E-state index in [1.165, 1.54) is 32.2 Å². The fourth-order valence-corrected chi connectivity index (χ4v) is 1.82. The molecule has 1 heterocycles. The van der Waals surface area contributed by atoms with Gasteiger partial charge in [-0.15, -0.1) is 0 Å². The third-order valence-electron chi connectivity index (χ3n) is 2.89. The first kappa shape index (κ1) is 12.0. The van der Waals surface area contributed by atoms with Gasteiger partial charge in [-0.1, -0.05) is 12.8 Å². The first-order valence-electron chi connectivity index (χ1n) is 5.80. The average Bonchev–Trinajstić information content (AvgIpc) is 2.46. The van der Waals surface area contributed by atoms with Crippen LogP contribution in [-0.2, 0) is 4.74 Å². The van der Waals surface area contributed by atoms with Crippen LogP contribution in [0.1, 0.15) is 32.6 Å². The van der Waals surface area contributed by atoms with Gasteiger partial charge in [-0.25, -0.2) is 0 Å². The van der Waals surface area contributed by atoms with Gasteiger partial charge in [0, 0.05) is 26.2 Å². The van der Waals surface area contributed by atoms with Crippen LogP contribution in [0.5, 0.6) is 0 Å². The maximum Gasteiger partial charge on any atom is 0.0667 e. The van der Waals surface area contributed by atoms with Crippen molar-refractivity contribution in [3.8, 4) is 0 Å². The number of methoxy groups -OCH3 is 1. The third kappa shape index (κ3) is 4.94. The van der Waals surface area contributed by atoms with Gasteiger partial charge in [-0.2, -0.15) is 0 Å². The van der Waals surface area contributed by atoms with Gasteiger partial charge in [0.15, 0.2) is 0 Å².